The normalized spacial score (nSPS) is 11.0. The number of carbonyl (C=O) groups is 2. The molecule has 162 valence electrons. The van der Waals surface area contributed by atoms with Gasteiger partial charge < -0.3 is 10.1 Å². The number of benzene rings is 2. The Kier molecular flexibility index (Phi) is 7.64. The molecular formula is C26H29NO3S. The van der Waals surface area contributed by atoms with Crippen molar-refractivity contribution in [1.29, 1.82) is 0 Å². The topological polar surface area (TPSA) is 55.4 Å². The highest BCUT2D eigenvalue weighted by atomic mass is 32.1. The molecule has 0 radical (unpaired) electrons. The first-order valence-electron chi connectivity index (χ1n) is 10.6. The molecule has 0 bridgehead atoms. The van der Waals surface area contributed by atoms with E-state index in [4.69, 9.17) is 4.74 Å². The minimum absolute atomic E-state index is 0.0693. The average Bonchev–Trinajstić information content (AvgIpc) is 3.07. The summed E-state index contributed by atoms with van der Waals surface area (Å²) in [6, 6.07) is 20.1. The van der Waals surface area contributed by atoms with E-state index in [-0.39, 0.29) is 30.3 Å². The van der Waals surface area contributed by atoms with Gasteiger partial charge in [0.25, 0.3) is 0 Å². The van der Waals surface area contributed by atoms with Crippen LogP contribution in [-0.2, 0) is 16.0 Å². The summed E-state index contributed by atoms with van der Waals surface area (Å²) < 4.78 is 5.45. The van der Waals surface area contributed by atoms with Crippen LogP contribution in [0.5, 0.6) is 0 Å². The van der Waals surface area contributed by atoms with E-state index in [1.54, 1.807) is 0 Å². The van der Waals surface area contributed by atoms with Crippen LogP contribution >= 0.6 is 11.3 Å². The SMILES string of the molecule is CCc1c(C)sc(NC(=O)CC(c2ccccc2)c2ccccc2)c1C(=O)OC(C)C. The van der Waals surface area contributed by atoms with Gasteiger partial charge in [-0.2, -0.15) is 0 Å². The summed E-state index contributed by atoms with van der Waals surface area (Å²) in [5.41, 5.74) is 3.59. The van der Waals surface area contributed by atoms with Gasteiger partial charge in [-0.25, -0.2) is 4.79 Å². The Bertz CT molecular complexity index is 986. The van der Waals surface area contributed by atoms with E-state index in [0.717, 1.165) is 21.6 Å². The van der Waals surface area contributed by atoms with Gasteiger partial charge in [0.15, 0.2) is 0 Å². The molecule has 4 nitrogen and oxygen atoms in total. The number of thiophene rings is 1. The molecule has 1 amide bonds. The van der Waals surface area contributed by atoms with E-state index in [2.05, 4.69) is 5.32 Å². The van der Waals surface area contributed by atoms with Crippen molar-refractivity contribution in [1.82, 2.24) is 0 Å². The van der Waals surface area contributed by atoms with Gasteiger partial charge in [0.2, 0.25) is 5.91 Å². The zero-order chi connectivity index (χ0) is 22.4. The Labute approximate surface area is 188 Å². The van der Waals surface area contributed by atoms with Crippen LogP contribution in [0.4, 0.5) is 5.00 Å². The van der Waals surface area contributed by atoms with Crippen molar-refractivity contribution in [2.75, 3.05) is 5.32 Å². The fourth-order valence-electron chi connectivity index (χ4n) is 3.74. The molecule has 0 atom stereocenters. The Morgan fingerprint density at radius 1 is 0.968 bits per heavy atom. The number of ether oxygens (including phenoxy) is 1. The first-order valence-corrected chi connectivity index (χ1v) is 11.4. The van der Waals surface area contributed by atoms with Crippen LogP contribution < -0.4 is 5.32 Å². The van der Waals surface area contributed by atoms with Crippen molar-refractivity contribution in [3.63, 3.8) is 0 Å². The van der Waals surface area contributed by atoms with Crippen LogP contribution in [0, 0.1) is 6.92 Å². The molecule has 0 saturated heterocycles. The van der Waals surface area contributed by atoms with Crippen LogP contribution in [0.25, 0.3) is 0 Å². The number of hydrogen-bond donors (Lipinski definition) is 1. The van der Waals surface area contributed by atoms with Crippen molar-refractivity contribution in [2.24, 2.45) is 0 Å². The Morgan fingerprint density at radius 2 is 1.52 bits per heavy atom. The number of aryl methyl sites for hydroxylation is 1. The highest BCUT2D eigenvalue weighted by Crippen LogP contribution is 2.35. The van der Waals surface area contributed by atoms with E-state index in [1.807, 2.05) is 88.4 Å². The second kappa shape index (κ2) is 10.4. The summed E-state index contributed by atoms with van der Waals surface area (Å²) in [6.07, 6.45) is 0.768. The van der Waals surface area contributed by atoms with Crippen LogP contribution in [0.15, 0.2) is 60.7 Å². The molecule has 0 aliphatic rings. The second-order valence-electron chi connectivity index (χ2n) is 7.77. The molecule has 0 aliphatic carbocycles. The molecule has 1 heterocycles. The highest BCUT2D eigenvalue weighted by Gasteiger charge is 2.25. The van der Waals surface area contributed by atoms with Crippen molar-refractivity contribution in [3.05, 3.63) is 87.8 Å². The summed E-state index contributed by atoms with van der Waals surface area (Å²) in [6.45, 7) is 7.63. The maximum atomic E-state index is 13.1. The van der Waals surface area contributed by atoms with Crippen LogP contribution in [0.3, 0.4) is 0 Å². The highest BCUT2D eigenvalue weighted by molar-refractivity contribution is 7.16. The second-order valence-corrected chi connectivity index (χ2v) is 9.00. The molecule has 31 heavy (non-hydrogen) atoms. The first-order chi connectivity index (χ1) is 14.9. The zero-order valence-electron chi connectivity index (χ0n) is 18.5. The standard InChI is InChI=1S/C26H29NO3S/c1-5-21-18(4)31-25(24(21)26(29)30-17(2)3)27-23(28)16-22(19-12-8-6-9-13-19)20-14-10-7-11-15-20/h6-15,17,22H,5,16H2,1-4H3,(H,27,28). The summed E-state index contributed by atoms with van der Waals surface area (Å²) in [4.78, 5) is 26.9. The maximum absolute atomic E-state index is 13.1. The van der Waals surface area contributed by atoms with Gasteiger partial charge in [-0.05, 0) is 43.9 Å². The number of rotatable bonds is 8. The third-order valence-corrected chi connectivity index (χ3v) is 6.22. The van der Waals surface area contributed by atoms with E-state index in [9.17, 15) is 9.59 Å². The number of carbonyl (C=O) groups excluding carboxylic acids is 2. The smallest absolute Gasteiger partial charge is 0.341 e. The summed E-state index contributed by atoms with van der Waals surface area (Å²) in [5, 5.41) is 3.58. The van der Waals surface area contributed by atoms with Crippen LogP contribution in [-0.4, -0.2) is 18.0 Å². The molecule has 3 rings (SSSR count). The molecule has 0 fully saturated rings. The van der Waals surface area contributed by atoms with Crippen molar-refractivity contribution in [3.8, 4) is 0 Å². The third kappa shape index (κ3) is 5.61. The molecule has 1 N–H and O–H groups in total. The molecule has 1 aromatic heterocycles. The van der Waals surface area contributed by atoms with Gasteiger partial charge in [-0.15, -0.1) is 11.3 Å². The molecular weight excluding hydrogens is 406 g/mol. The zero-order valence-corrected chi connectivity index (χ0v) is 19.3. The maximum Gasteiger partial charge on any atom is 0.341 e. The minimum atomic E-state index is -0.380. The van der Waals surface area contributed by atoms with E-state index in [0.29, 0.717) is 17.0 Å². The lowest BCUT2D eigenvalue weighted by Gasteiger charge is -2.18. The lowest BCUT2D eigenvalue weighted by molar-refractivity contribution is -0.116. The molecule has 0 saturated carbocycles. The largest absolute Gasteiger partial charge is 0.459 e. The van der Waals surface area contributed by atoms with Crippen LogP contribution in [0.2, 0.25) is 0 Å². The molecule has 5 heteroatoms. The van der Waals surface area contributed by atoms with Gasteiger partial charge in [0.1, 0.15) is 5.00 Å². The number of anilines is 1. The fraction of sp³-hybridized carbons (Fsp3) is 0.308. The lowest BCUT2D eigenvalue weighted by atomic mass is 9.88. The predicted molar refractivity (Wildman–Crippen MR) is 127 cm³/mol. The van der Waals surface area contributed by atoms with Gasteiger partial charge in [0, 0.05) is 17.2 Å². The molecule has 0 unspecified atom stereocenters. The van der Waals surface area contributed by atoms with Gasteiger partial charge in [0.05, 0.1) is 11.7 Å². The molecule has 2 aromatic carbocycles. The summed E-state index contributed by atoms with van der Waals surface area (Å²) in [7, 11) is 0. The van der Waals surface area contributed by atoms with Crippen molar-refractivity contribution >= 4 is 28.2 Å². The fourth-order valence-corrected chi connectivity index (χ4v) is 4.89. The third-order valence-electron chi connectivity index (χ3n) is 5.16. The Hall–Kier alpha value is -2.92. The van der Waals surface area contributed by atoms with Crippen LogP contribution in [0.1, 0.15) is 65.0 Å². The minimum Gasteiger partial charge on any atom is -0.459 e. The number of hydrogen-bond acceptors (Lipinski definition) is 4. The van der Waals surface area contributed by atoms with Gasteiger partial charge in [-0.3, -0.25) is 4.79 Å². The van der Waals surface area contributed by atoms with Gasteiger partial charge >= 0.3 is 5.97 Å². The van der Waals surface area contributed by atoms with Crippen molar-refractivity contribution < 1.29 is 14.3 Å². The summed E-state index contributed by atoms with van der Waals surface area (Å²) in [5.74, 6) is -0.574. The lowest BCUT2D eigenvalue weighted by Crippen LogP contribution is -2.19. The van der Waals surface area contributed by atoms with Gasteiger partial charge in [-0.1, -0.05) is 67.6 Å². The van der Waals surface area contributed by atoms with E-state index in [1.165, 1.54) is 11.3 Å². The Balaban J connectivity index is 1.87. The predicted octanol–water partition coefficient (Wildman–Crippen LogP) is 6.34. The first kappa shape index (κ1) is 22.8. The quantitative estimate of drug-likeness (QED) is 0.420. The number of amides is 1. The van der Waals surface area contributed by atoms with E-state index < -0.39 is 0 Å². The molecule has 0 aliphatic heterocycles. The molecule has 3 aromatic rings. The average molecular weight is 436 g/mol. The Morgan fingerprint density at radius 3 is 2.00 bits per heavy atom. The van der Waals surface area contributed by atoms with Crippen molar-refractivity contribution in [2.45, 2.75) is 52.6 Å². The number of esters is 1. The van der Waals surface area contributed by atoms with E-state index >= 15 is 0 Å². The monoisotopic (exact) mass is 435 g/mol. The summed E-state index contributed by atoms with van der Waals surface area (Å²) >= 11 is 1.44. The molecule has 0 spiro atoms. The number of nitrogens with one attached hydrogen (secondary N) is 1.